The van der Waals surface area contributed by atoms with Crippen LogP contribution < -0.4 is 5.32 Å². The second-order valence-electron chi connectivity index (χ2n) is 4.80. The first-order valence-corrected chi connectivity index (χ1v) is 6.19. The third kappa shape index (κ3) is 3.32. The lowest BCUT2D eigenvalue weighted by molar-refractivity contribution is -0.148. The Balaban J connectivity index is 2.59. The zero-order chi connectivity index (χ0) is 13.6. The van der Waals surface area contributed by atoms with Crippen molar-refractivity contribution in [2.24, 2.45) is 5.41 Å². The van der Waals surface area contributed by atoms with E-state index in [1.54, 1.807) is 13.2 Å². The molecule has 1 unspecified atom stereocenters. The fourth-order valence-corrected chi connectivity index (χ4v) is 2.17. The maximum Gasteiger partial charge on any atom is 0.326 e. The fourth-order valence-electron chi connectivity index (χ4n) is 2.17. The van der Waals surface area contributed by atoms with Crippen LogP contribution in [0.15, 0.2) is 12.7 Å². The average Bonchev–Trinajstić information content (AvgIpc) is 2.28. The van der Waals surface area contributed by atoms with E-state index in [-0.39, 0.29) is 5.91 Å². The number of nitrogens with one attached hydrogen (secondary N) is 1. The summed E-state index contributed by atoms with van der Waals surface area (Å²) in [5.74, 6) is -1.20. The van der Waals surface area contributed by atoms with E-state index < -0.39 is 17.4 Å². The standard InChI is InChI=1S/C13H21NO4/c1-3-4-6-10(11(15)16)14-12(17)13(9-18-2)7-5-8-13/h3,10H,1,4-9H2,2H3,(H,14,17)(H,15,16). The minimum absolute atomic E-state index is 0.202. The molecular formula is C13H21NO4. The Morgan fingerprint density at radius 2 is 2.22 bits per heavy atom. The highest BCUT2D eigenvalue weighted by atomic mass is 16.5. The van der Waals surface area contributed by atoms with Crippen LogP contribution in [0.5, 0.6) is 0 Å². The third-order valence-electron chi connectivity index (χ3n) is 3.48. The Bertz CT molecular complexity index is 323. The van der Waals surface area contributed by atoms with Gasteiger partial charge in [0.25, 0.3) is 0 Å². The highest BCUT2D eigenvalue weighted by molar-refractivity contribution is 5.88. The lowest BCUT2D eigenvalue weighted by Gasteiger charge is -2.40. The molecular weight excluding hydrogens is 234 g/mol. The summed E-state index contributed by atoms with van der Waals surface area (Å²) in [6, 6.07) is -0.843. The molecule has 0 bridgehead atoms. The lowest BCUT2D eigenvalue weighted by Crippen LogP contribution is -2.53. The summed E-state index contributed by atoms with van der Waals surface area (Å²) >= 11 is 0. The average molecular weight is 255 g/mol. The fraction of sp³-hybridized carbons (Fsp3) is 0.692. The molecule has 1 aliphatic carbocycles. The number of rotatable bonds is 8. The normalized spacial score (nSPS) is 18.5. The van der Waals surface area contributed by atoms with E-state index in [0.717, 1.165) is 19.3 Å². The van der Waals surface area contributed by atoms with E-state index >= 15 is 0 Å². The number of carbonyl (C=O) groups excluding carboxylic acids is 1. The minimum Gasteiger partial charge on any atom is -0.480 e. The van der Waals surface area contributed by atoms with Crippen LogP contribution in [0.25, 0.3) is 0 Å². The second-order valence-corrected chi connectivity index (χ2v) is 4.80. The minimum atomic E-state index is -1.00. The van der Waals surface area contributed by atoms with Crippen LogP contribution in [0.4, 0.5) is 0 Å². The van der Waals surface area contributed by atoms with E-state index in [0.29, 0.717) is 19.4 Å². The molecule has 1 rings (SSSR count). The first-order chi connectivity index (χ1) is 8.55. The molecule has 0 aliphatic heterocycles. The van der Waals surface area contributed by atoms with Gasteiger partial charge in [0, 0.05) is 7.11 Å². The quantitative estimate of drug-likeness (QED) is 0.642. The predicted octanol–water partition coefficient (Wildman–Crippen LogP) is 1.34. The van der Waals surface area contributed by atoms with Crippen molar-refractivity contribution in [3.8, 4) is 0 Å². The van der Waals surface area contributed by atoms with Crippen molar-refractivity contribution < 1.29 is 19.4 Å². The van der Waals surface area contributed by atoms with Crippen molar-refractivity contribution >= 4 is 11.9 Å². The Hall–Kier alpha value is -1.36. The molecule has 102 valence electrons. The van der Waals surface area contributed by atoms with Crippen molar-refractivity contribution in [3.05, 3.63) is 12.7 Å². The van der Waals surface area contributed by atoms with Gasteiger partial charge in [-0.15, -0.1) is 6.58 Å². The number of amides is 1. The van der Waals surface area contributed by atoms with E-state index in [1.807, 2.05) is 0 Å². The molecule has 1 saturated carbocycles. The highest BCUT2D eigenvalue weighted by Gasteiger charge is 2.45. The number of carboxylic acids is 1. The van der Waals surface area contributed by atoms with Crippen molar-refractivity contribution in [3.63, 3.8) is 0 Å². The van der Waals surface area contributed by atoms with Gasteiger partial charge in [-0.1, -0.05) is 12.5 Å². The van der Waals surface area contributed by atoms with Crippen LogP contribution in [0.1, 0.15) is 32.1 Å². The van der Waals surface area contributed by atoms with Gasteiger partial charge in [-0.25, -0.2) is 4.79 Å². The Morgan fingerprint density at radius 1 is 1.56 bits per heavy atom. The highest BCUT2D eigenvalue weighted by Crippen LogP contribution is 2.41. The van der Waals surface area contributed by atoms with Crippen LogP contribution in [0.2, 0.25) is 0 Å². The van der Waals surface area contributed by atoms with Crippen molar-refractivity contribution in [2.75, 3.05) is 13.7 Å². The van der Waals surface area contributed by atoms with Crippen molar-refractivity contribution in [1.82, 2.24) is 5.32 Å². The van der Waals surface area contributed by atoms with E-state index in [1.165, 1.54) is 0 Å². The molecule has 1 fully saturated rings. The van der Waals surface area contributed by atoms with Crippen LogP contribution in [0, 0.1) is 5.41 Å². The monoisotopic (exact) mass is 255 g/mol. The van der Waals surface area contributed by atoms with Gasteiger partial charge in [-0.3, -0.25) is 4.79 Å². The summed E-state index contributed by atoms with van der Waals surface area (Å²) < 4.78 is 5.07. The van der Waals surface area contributed by atoms with Gasteiger partial charge in [0.2, 0.25) is 5.91 Å². The molecule has 0 radical (unpaired) electrons. The maximum atomic E-state index is 12.1. The number of carbonyl (C=O) groups is 2. The number of hydrogen-bond acceptors (Lipinski definition) is 3. The maximum absolute atomic E-state index is 12.1. The molecule has 0 aromatic carbocycles. The van der Waals surface area contributed by atoms with Gasteiger partial charge in [0.1, 0.15) is 6.04 Å². The smallest absolute Gasteiger partial charge is 0.326 e. The summed E-state index contributed by atoms with van der Waals surface area (Å²) in [6.45, 7) is 3.90. The third-order valence-corrected chi connectivity index (χ3v) is 3.48. The van der Waals surface area contributed by atoms with Gasteiger partial charge >= 0.3 is 5.97 Å². The summed E-state index contributed by atoms with van der Waals surface area (Å²) in [6.07, 6.45) is 5.10. The Kier molecular flexibility index (Phi) is 5.34. The second kappa shape index (κ2) is 6.54. The van der Waals surface area contributed by atoms with Gasteiger partial charge in [0.15, 0.2) is 0 Å². The first-order valence-electron chi connectivity index (χ1n) is 6.19. The number of ether oxygens (including phenoxy) is 1. The summed E-state index contributed by atoms with van der Waals surface area (Å²) in [4.78, 5) is 23.2. The molecule has 0 heterocycles. The summed E-state index contributed by atoms with van der Waals surface area (Å²) in [5.41, 5.74) is -0.517. The van der Waals surface area contributed by atoms with Gasteiger partial charge < -0.3 is 15.2 Å². The number of methoxy groups -OCH3 is 1. The predicted molar refractivity (Wildman–Crippen MR) is 67.2 cm³/mol. The number of allylic oxidation sites excluding steroid dienone is 1. The molecule has 1 aliphatic rings. The molecule has 0 aromatic rings. The molecule has 0 aromatic heterocycles. The number of carboxylic acid groups (broad SMARTS) is 1. The van der Waals surface area contributed by atoms with E-state index in [9.17, 15) is 9.59 Å². The molecule has 2 N–H and O–H groups in total. The first kappa shape index (κ1) is 14.7. The molecule has 5 nitrogen and oxygen atoms in total. The summed E-state index contributed by atoms with van der Waals surface area (Å²) in [7, 11) is 1.56. The molecule has 0 saturated heterocycles. The molecule has 0 spiro atoms. The van der Waals surface area contributed by atoms with E-state index in [4.69, 9.17) is 9.84 Å². The number of aliphatic carboxylic acids is 1. The van der Waals surface area contributed by atoms with Crippen LogP contribution in [0.3, 0.4) is 0 Å². The molecule has 18 heavy (non-hydrogen) atoms. The number of hydrogen-bond donors (Lipinski definition) is 2. The molecule has 1 amide bonds. The van der Waals surface area contributed by atoms with Crippen LogP contribution >= 0.6 is 0 Å². The zero-order valence-electron chi connectivity index (χ0n) is 10.8. The topological polar surface area (TPSA) is 75.6 Å². The van der Waals surface area contributed by atoms with Crippen LogP contribution in [-0.4, -0.2) is 36.7 Å². The van der Waals surface area contributed by atoms with Crippen molar-refractivity contribution in [2.45, 2.75) is 38.1 Å². The zero-order valence-corrected chi connectivity index (χ0v) is 10.8. The Labute approximate surface area is 107 Å². The summed E-state index contributed by atoms with van der Waals surface area (Å²) in [5, 5.41) is 11.7. The van der Waals surface area contributed by atoms with E-state index in [2.05, 4.69) is 11.9 Å². The van der Waals surface area contributed by atoms with Crippen LogP contribution in [-0.2, 0) is 14.3 Å². The van der Waals surface area contributed by atoms with Gasteiger partial charge in [0.05, 0.1) is 12.0 Å². The lowest BCUT2D eigenvalue weighted by atomic mass is 9.68. The molecule has 5 heteroatoms. The SMILES string of the molecule is C=CCCC(NC(=O)C1(COC)CCC1)C(=O)O. The Morgan fingerprint density at radius 3 is 2.61 bits per heavy atom. The van der Waals surface area contributed by atoms with Crippen molar-refractivity contribution in [1.29, 1.82) is 0 Å². The van der Waals surface area contributed by atoms with Gasteiger partial charge in [-0.05, 0) is 25.7 Å². The molecule has 1 atom stereocenters. The largest absolute Gasteiger partial charge is 0.480 e. The van der Waals surface area contributed by atoms with Gasteiger partial charge in [-0.2, -0.15) is 0 Å².